The second-order valence-corrected chi connectivity index (χ2v) is 4.20. The van der Waals surface area contributed by atoms with E-state index in [1.165, 1.54) is 0 Å². The molecule has 0 aliphatic carbocycles. The Morgan fingerprint density at radius 2 is 1.71 bits per heavy atom. The number of urea groups is 1. The van der Waals surface area contributed by atoms with Gasteiger partial charge in [0.05, 0.1) is 13.7 Å². The molecule has 2 amide bonds. The Balaban J connectivity index is 2.07. The van der Waals surface area contributed by atoms with Gasteiger partial charge in [0, 0.05) is 13.0 Å². The minimum atomic E-state index is -0.870. The highest BCUT2D eigenvalue weighted by atomic mass is 16.5. The number of ether oxygens (including phenoxy) is 2. The maximum atomic E-state index is 11.3. The summed E-state index contributed by atoms with van der Waals surface area (Å²) in [6, 6.07) is 6.81. The van der Waals surface area contributed by atoms with Gasteiger partial charge in [0.15, 0.2) is 0 Å². The molecule has 0 radical (unpaired) electrons. The lowest BCUT2D eigenvalue weighted by Gasteiger charge is -2.09. The van der Waals surface area contributed by atoms with Gasteiger partial charge in [0.1, 0.15) is 18.1 Å². The van der Waals surface area contributed by atoms with E-state index in [1.807, 2.05) is 0 Å². The van der Waals surface area contributed by atoms with Gasteiger partial charge in [-0.1, -0.05) is 0 Å². The van der Waals surface area contributed by atoms with Crippen LogP contribution in [-0.4, -0.2) is 43.9 Å². The molecule has 21 heavy (non-hydrogen) atoms. The minimum Gasteiger partial charge on any atom is -0.497 e. The first-order valence-corrected chi connectivity index (χ1v) is 6.62. The molecule has 1 aromatic rings. The number of amides is 2. The molecule has 0 heterocycles. The van der Waals surface area contributed by atoms with Crippen molar-refractivity contribution >= 4 is 12.0 Å². The first kappa shape index (κ1) is 16.6. The average Bonchev–Trinajstić information content (AvgIpc) is 2.48. The number of methoxy groups -OCH3 is 1. The molecule has 0 aromatic heterocycles. The molecule has 0 atom stereocenters. The van der Waals surface area contributed by atoms with Crippen molar-refractivity contribution in [1.82, 2.24) is 10.6 Å². The van der Waals surface area contributed by atoms with E-state index in [0.29, 0.717) is 31.9 Å². The fraction of sp³-hybridized carbons (Fsp3) is 0.429. The lowest BCUT2D eigenvalue weighted by molar-refractivity contribution is -0.137. The van der Waals surface area contributed by atoms with Crippen LogP contribution in [0.25, 0.3) is 0 Å². The Hall–Kier alpha value is -2.44. The molecule has 0 bridgehead atoms. The van der Waals surface area contributed by atoms with Gasteiger partial charge < -0.3 is 25.2 Å². The molecule has 0 unspecified atom stereocenters. The van der Waals surface area contributed by atoms with E-state index < -0.39 is 5.97 Å². The van der Waals surface area contributed by atoms with E-state index in [4.69, 9.17) is 14.6 Å². The fourth-order valence-corrected chi connectivity index (χ4v) is 1.51. The summed E-state index contributed by atoms with van der Waals surface area (Å²) in [5.74, 6) is 0.575. The second kappa shape index (κ2) is 9.46. The Labute approximate surface area is 123 Å². The third kappa shape index (κ3) is 7.66. The van der Waals surface area contributed by atoms with Crippen molar-refractivity contribution < 1.29 is 24.2 Å². The lowest BCUT2D eigenvalue weighted by atomic mass is 10.3. The van der Waals surface area contributed by atoms with Crippen LogP contribution in [0, 0.1) is 0 Å². The molecule has 7 nitrogen and oxygen atoms in total. The molecule has 7 heteroatoms. The summed E-state index contributed by atoms with van der Waals surface area (Å²) in [5.41, 5.74) is 0. The van der Waals surface area contributed by atoms with Crippen LogP contribution in [0.5, 0.6) is 11.5 Å². The quantitative estimate of drug-likeness (QED) is 0.596. The zero-order chi connectivity index (χ0) is 15.5. The molecule has 0 spiro atoms. The van der Waals surface area contributed by atoms with Crippen LogP contribution in [0.1, 0.15) is 12.8 Å². The van der Waals surface area contributed by atoms with Gasteiger partial charge in [0.25, 0.3) is 0 Å². The van der Waals surface area contributed by atoms with Gasteiger partial charge in [-0.25, -0.2) is 4.79 Å². The number of carbonyl (C=O) groups is 2. The standard InChI is InChI=1S/C14H20N2O5/c1-20-11-4-6-12(7-5-11)21-10-9-16-14(19)15-8-2-3-13(17)18/h4-7H,2-3,8-10H2,1H3,(H,17,18)(H2,15,16,19). The van der Waals surface area contributed by atoms with E-state index in [2.05, 4.69) is 10.6 Å². The first-order chi connectivity index (χ1) is 10.1. The molecule has 0 aliphatic heterocycles. The molecule has 1 aromatic carbocycles. The highest BCUT2D eigenvalue weighted by Crippen LogP contribution is 2.16. The number of nitrogens with one attached hydrogen (secondary N) is 2. The van der Waals surface area contributed by atoms with Crippen LogP contribution < -0.4 is 20.1 Å². The Bertz CT molecular complexity index is 447. The van der Waals surface area contributed by atoms with Crippen LogP contribution >= 0.6 is 0 Å². The molecular formula is C14H20N2O5. The van der Waals surface area contributed by atoms with Crippen LogP contribution in [0.4, 0.5) is 4.79 Å². The molecule has 0 fully saturated rings. The molecule has 1 rings (SSSR count). The molecule has 0 saturated carbocycles. The van der Waals surface area contributed by atoms with Crippen molar-refractivity contribution in [2.75, 3.05) is 26.8 Å². The van der Waals surface area contributed by atoms with Gasteiger partial charge in [-0.3, -0.25) is 4.79 Å². The molecule has 3 N–H and O–H groups in total. The van der Waals surface area contributed by atoms with E-state index in [9.17, 15) is 9.59 Å². The molecule has 0 aliphatic rings. The number of aliphatic carboxylic acids is 1. The van der Waals surface area contributed by atoms with Gasteiger partial charge in [-0.05, 0) is 30.7 Å². The lowest BCUT2D eigenvalue weighted by Crippen LogP contribution is -2.38. The molecule has 0 saturated heterocycles. The number of hydrogen-bond donors (Lipinski definition) is 3. The van der Waals surface area contributed by atoms with Crippen molar-refractivity contribution in [1.29, 1.82) is 0 Å². The van der Waals surface area contributed by atoms with E-state index in [0.717, 1.165) is 5.75 Å². The number of carboxylic acid groups (broad SMARTS) is 1. The normalized spacial score (nSPS) is 9.76. The largest absolute Gasteiger partial charge is 0.497 e. The summed E-state index contributed by atoms with van der Waals surface area (Å²) < 4.78 is 10.5. The summed E-state index contributed by atoms with van der Waals surface area (Å²) >= 11 is 0. The topological polar surface area (TPSA) is 96.9 Å². The number of carbonyl (C=O) groups excluding carboxylic acids is 1. The predicted octanol–water partition coefficient (Wildman–Crippen LogP) is 1.24. The zero-order valence-electron chi connectivity index (χ0n) is 11.9. The Morgan fingerprint density at radius 3 is 2.33 bits per heavy atom. The maximum absolute atomic E-state index is 11.3. The smallest absolute Gasteiger partial charge is 0.314 e. The Morgan fingerprint density at radius 1 is 1.10 bits per heavy atom. The minimum absolute atomic E-state index is 0.0425. The van der Waals surface area contributed by atoms with Gasteiger partial charge in [-0.2, -0.15) is 0 Å². The maximum Gasteiger partial charge on any atom is 0.314 e. The summed E-state index contributed by atoms with van der Waals surface area (Å²) in [6.45, 7) is 1.03. The number of hydrogen-bond acceptors (Lipinski definition) is 4. The van der Waals surface area contributed by atoms with Crippen molar-refractivity contribution in [3.63, 3.8) is 0 Å². The van der Waals surface area contributed by atoms with E-state index in [1.54, 1.807) is 31.4 Å². The highest BCUT2D eigenvalue weighted by molar-refractivity contribution is 5.73. The van der Waals surface area contributed by atoms with Crippen LogP contribution in [-0.2, 0) is 4.79 Å². The van der Waals surface area contributed by atoms with Crippen LogP contribution in [0.2, 0.25) is 0 Å². The van der Waals surface area contributed by atoms with E-state index >= 15 is 0 Å². The number of rotatable bonds is 9. The summed E-state index contributed by atoms with van der Waals surface area (Å²) in [5, 5.41) is 13.6. The fourth-order valence-electron chi connectivity index (χ4n) is 1.51. The number of carboxylic acids is 1. The molecular weight excluding hydrogens is 276 g/mol. The second-order valence-electron chi connectivity index (χ2n) is 4.20. The van der Waals surface area contributed by atoms with Crippen molar-refractivity contribution in [3.8, 4) is 11.5 Å². The Kier molecular flexibility index (Phi) is 7.49. The van der Waals surface area contributed by atoms with Gasteiger partial charge in [0.2, 0.25) is 0 Å². The third-order valence-corrected chi connectivity index (χ3v) is 2.57. The molecule has 116 valence electrons. The van der Waals surface area contributed by atoms with E-state index in [-0.39, 0.29) is 12.5 Å². The third-order valence-electron chi connectivity index (χ3n) is 2.57. The summed E-state index contributed by atoms with van der Waals surface area (Å²) in [6.07, 6.45) is 0.450. The SMILES string of the molecule is COc1ccc(OCCNC(=O)NCCCC(=O)O)cc1. The number of benzene rings is 1. The van der Waals surface area contributed by atoms with Crippen LogP contribution in [0.3, 0.4) is 0 Å². The van der Waals surface area contributed by atoms with Crippen molar-refractivity contribution in [2.45, 2.75) is 12.8 Å². The first-order valence-electron chi connectivity index (χ1n) is 6.62. The van der Waals surface area contributed by atoms with Crippen molar-refractivity contribution in [3.05, 3.63) is 24.3 Å². The summed E-state index contributed by atoms with van der Waals surface area (Å²) in [7, 11) is 1.59. The average molecular weight is 296 g/mol. The highest BCUT2D eigenvalue weighted by Gasteiger charge is 2.01. The van der Waals surface area contributed by atoms with Crippen molar-refractivity contribution in [2.24, 2.45) is 0 Å². The summed E-state index contributed by atoms with van der Waals surface area (Å²) in [4.78, 5) is 21.6. The zero-order valence-corrected chi connectivity index (χ0v) is 11.9. The predicted molar refractivity (Wildman–Crippen MR) is 76.8 cm³/mol. The van der Waals surface area contributed by atoms with Gasteiger partial charge >= 0.3 is 12.0 Å². The monoisotopic (exact) mass is 296 g/mol. The van der Waals surface area contributed by atoms with Gasteiger partial charge in [-0.15, -0.1) is 0 Å². The van der Waals surface area contributed by atoms with Crippen LogP contribution in [0.15, 0.2) is 24.3 Å².